The van der Waals surface area contributed by atoms with Crippen molar-refractivity contribution in [2.24, 2.45) is 5.92 Å². The first kappa shape index (κ1) is 10.4. The van der Waals surface area contributed by atoms with Crippen molar-refractivity contribution < 1.29 is 0 Å². The van der Waals surface area contributed by atoms with Crippen LogP contribution in [0.2, 0.25) is 0 Å². The van der Waals surface area contributed by atoms with E-state index in [-0.39, 0.29) is 0 Å². The van der Waals surface area contributed by atoms with Crippen molar-refractivity contribution in [1.82, 2.24) is 5.32 Å². The first-order chi connectivity index (χ1) is 5.88. The molecule has 0 saturated heterocycles. The molecule has 0 heterocycles. The van der Waals surface area contributed by atoms with Gasteiger partial charge in [-0.3, -0.25) is 0 Å². The van der Waals surface area contributed by atoms with Crippen LogP contribution >= 0.6 is 11.8 Å². The van der Waals surface area contributed by atoms with Crippen LogP contribution in [0.5, 0.6) is 0 Å². The first-order valence-electron chi connectivity index (χ1n) is 5.10. The molecule has 12 heavy (non-hydrogen) atoms. The van der Waals surface area contributed by atoms with Crippen LogP contribution in [0.3, 0.4) is 0 Å². The fourth-order valence-corrected chi connectivity index (χ4v) is 2.17. The van der Waals surface area contributed by atoms with Crippen molar-refractivity contribution in [3.05, 3.63) is 0 Å². The number of nitrogens with one attached hydrogen (secondary N) is 1. The third kappa shape index (κ3) is 3.81. The summed E-state index contributed by atoms with van der Waals surface area (Å²) in [4.78, 5) is 0. The van der Waals surface area contributed by atoms with Crippen LogP contribution in [0.15, 0.2) is 0 Å². The Balaban J connectivity index is 2.05. The minimum absolute atomic E-state index is 0.835. The van der Waals surface area contributed by atoms with Gasteiger partial charge in [0.1, 0.15) is 0 Å². The standard InChI is InChI=1S/C10H21NS/c1-3-11-10(9-6-7-9)5-4-8-12-2/h9-11H,3-8H2,1-2H3. The fraction of sp³-hybridized carbons (Fsp3) is 1.00. The first-order valence-corrected chi connectivity index (χ1v) is 6.50. The lowest BCUT2D eigenvalue weighted by Crippen LogP contribution is -2.30. The number of thioether (sulfide) groups is 1. The van der Waals surface area contributed by atoms with E-state index >= 15 is 0 Å². The van der Waals surface area contributed by atoms with Crippen molar-refractivity contribution in [1.29, 1.82) is 0 Å². The molecule has 0 aliphatic heterocycles. The lowest BCUT2D eigenvalue weighted by molar-refractivity contribution is 0.443. The molecule has 1 N–H and O–H groups in total. The van der Waals surface area contributed by atoms with Crippen LogP contribution in [-0.4, -0.2) is 24.6 Å². The minimum Gasteiger partial charge on any atom is -0.314 e. The number of hydrogen-bond donors (Lipinski definition) is 1. The van der Waals surface area contributed by atoms with Crippen molar-refractivity contribution in [2.45, 2.75) is 38.6 Å². The predicted octanol–water partition coefficient (Wildman–Crippen LogP) is 2.52. The molecular formula is C10H21NS. The van der Waals surface area contributed by atoms with Crippen molar-refractivity contribution in [3.63, 3.8) is 0 Å². The molecule has 0 aromatic carbocycles. The molecule has 72 valence electrons. The summed E-state index contributed by atoms with van der Waals surface area (Å²) in [5, 5.41) is 3.59. The van der Waals surface area contributed by atoms with E-state index in [4.69, 9.17) is 0 Å². The van der Waals surface area contributed by atoms with Crippen LogP contribution in [-0.2, 0) is 0 Å². The highest BCUT2D eigenvalue weighted by molar-refractivity contribution is 7.98. The Bertz CT molecular complexity index is 112. The largest absolute Gasteiger partial charge is 0.314 e. The van der Waals surface area contributed by atoms with Crippen LogP contribution < -0.4 is 5.32 Å². The molecule has 1 unspecified atom stereocenters. The van der Waals surface area contributed by atoms with Gasteiger partial charge < -0.3 is 5.32 Å². The highest BCUT2D eigenvalue weighted by Crippen LogP contribution is 2.34. The molecule has 0 aromatic heterocycles. The van der Waals surface area contributed by atoms with Gasteiger partial charge in [-0.1, -0.05) is 6.92 Å². The molecule has 0 aromatic rings. The molecular weight excluding hydrogens is 166 g/mol. The summed E-state index contributed by atoms with van der Waals surface area (Å²) in [5.41, 5.74) is 0. The normalized spacial score (nSPS) is 19.5. The highest BCUT2D eigenvalue weighted by Gasteiger charge is 2.29. The zero-order valence-corrected chi connectivity index (χ0v) is 9.12. The molecule has 1 nitrogen and oxygen atoms in total. The molecule has 1 aliphatic carbocycles. The maximum atomic E-state index is 3.59. The Kier molecular flexibility index (Phi) is 5.08. The Morgan fingerprint density at radius 3 is 2.75 bits per heavy atom. The van der Waals surface area contributed by atoms with Crippen LogP contribution in [0.1, 0.15) is 32.6 Å². The molecule has 1 rings (SSSR count). The summed E-state index contributed by atoms with van der Waals surface area (Å²) in [6.45, 7) is 3.35. The predicted molar refractivity (Wildman–Crippen MR) is 57.8 cm³/mol. The van der Waals surface area contributed by atoms with Crippen LogP contribution in [0, 0.1) is 5.92 Å². The van der Waals surface area contributed by atoms with Gasteiger partial charge in [-0.05, 0) is 50.2 Å². The second-order valence-corrected chi connectivity index (χ2v) is 4.62. The van der Waals surface area contributed by atoms with Crippen molar-refractivity contribution >= 4 is 11.8 Å². The molecule has 0 bridgehead atoms. The lowest BCUT2D eigenvalue weighted by atomic mass is 10.1. The fourth-order valence-electron chi connectivity index (χ4n) is 1.71. The summed E-state index contributed by atoms with van der Waals surface area (Å²) in [5.74, 6) is 2.35. The van der Waals surface area contributed by atoms with Gasteiger partial charge in [-0.25, -0.2) is 0 Å². The number of rotatable bonds is 7. The number of hydrogen-bond acceptors (Lipinski definition) is 2. The van der Waals surface area contributed by atoms with E-state index in [0.717, 1.165) is 18.5 Å². The summed E-state index contributed by atoms with van der Waals surface area (Å²) in [7, 11) is 0. The van der Waals surface area contributed by atoms with Gasteiger partial charge in [0.15, 0.2) is 0 Å². The smallest absolute Gasteiger partial charge is 0.00955 e. The van der Waals surface area contributed by atoms with E-state index < -0.39 is 0 Å². The van der Waals surface area contributed by atoms with Crippen LogP contribution in [0.25, 0.3) is 0 Å². The average Bonchev–Trinajstić information content (AvgIpc) is 2.86. The summed E-state index contributed by atoms with van der Waals surface area (Å²) >= 11 is 1.97. The molecule has 2 heteroatoms. The van der Waals surface area contributed by atoms with E-state index in [1.165, 1.54) is 31.4 Å². The van der Waals surface area contributed by atoms with Gasteiger partial charge >= 0.3 is 0 Å². The topological polar surface area (TPSA) is 12.0 Å². The molecule has 1 aliphatic rings. The zero-order valence-electron chi connectivity index (χ0n) is 8.31. The summed E-state index contributed by atoms with van der Waals surface area (Å²) in [6, 6.07) is 0.835. The van der Waals surface area contributed by atoms with E-state index in [1.807, 2.05) is 11.8 Å². The lowest BCUT2D eigenvalue weighted by Gasteiger charge is -2.16. The Hall–Kier alpha value is 0.310. The second-order valence-electron chi connectivity index (χ2n) is 3.64. The maximum Gasteiger partial charge on any atom is 0.00955 e. The minimum atomic E-state index is 0.835. The molecule has 0 radical (unpaired) electrons. The van der Waals surface area contributed by atoms with Gasteiger partial charge in [-0.15, -0.1) is 0 Å². The van der Waals surface area contributed by atoms with Crippen LogP contribution in [0.4, 0.5) is 0 Å². The summed E-state index contributed by atoms with van der Waals surface area (Å²) in [6.07, 6.45) is 7.90. The van der Waals surface area contributed by atoms with E-state index in [9.17, 15) is 0 Å². The zero-order chi connectivity index (χ0) is 8.81. The van der Waals surface area contributed by atoms with Gasteiger partial charge in [0.05, 0.1) is 0 Å². The second kappa shape index (κ2) is 5.87. The van der Waals surface area contributed by atoms with Crippen molar-refractivity contribution in [3.8, 4) is 0 Å². The van der Waals surface area contributed by atoms with Gasteiger partial charge in [0.25, 0.3) is 0 Å². The average molecular weight is 187 g/mol. The monoisotopic (exact) mass is 187 g/mol. The Labute approximate surface area is 80.7 Å². The molecule has 1 fully saturated rings. The molecule has 0 amide bonds. The SMILES string of the molecule is CCNC(CCCSC)C1CC1. The molecule has 1 saturated carbocycles. The van der Waals surface area contributed by atoms with Gasteiger partial charge in [0, 0.05) is 6.04 Å². The quantitative estimate of drug-likeness (QED) is 0.615. The Morgan fingerprint density at radius 1 is 1.50 bits per heavy atom. The highest BCUT2D eigenvalue weighted by atomic mass is 32.2. The Morgan fingerprint density at radius 2 is 2.25 bits per heavy atom. The maximum absolute atomic E-state index is 3.59. The molecule has 1 atom stereocenters. The van der Waals surface area contributed by atoms with E-state index in [2.05, 4.69) is 18.5 Å². The third-order valence-corrected chi connectivity index (χ3v) is 3.22. The van der Waals surface area contributed by atoms with E-state index in [1.54, 1.807) is 0 Å². The van der Waals surface area contributed by atoms with E-state index in [0.29, 0.717) is 0 Å². The summed E-state index contributed by atoms with van der Waals surface area (Å²) < 4.78 is 0. The third-order valence-electron chi connectivity index (χ3n) is 2.52. The van der Waals surface area contributed by atoms with Crippen molar-refractivity contribution in [2.75, 3.05) is 18.6 Å². The molecule has 0 spiro atoms. The van der Waals surface area contributed by atoms with Gasteiger partial charge in [-0.2, -0.15) is 11.8 Å². The van der Waals surface area contributed by atoms with Gasteiger partial charge in [0.2, 0.25) is 0 Å².